The lowest BCUT2D eigenvalue weighted by molar-refractivity contribution is -0.139. The summed E-state index contributed by atoms with van der Waals surface area (Å²) in [6.07, 6.45) is 5.73. The van der Waals surface area contributed by atoms with Gasteiger partial charge in [-0.1, -0.05) is 24.3 Å². The molecule has 82 valence electrons. The molecule has 1 amide bonds. The van der Waals surface area contributed by atoms with Crippen molar-refractivity contribution in [1.29, 1.82) is 0 Å². The van der Waals surface area contributed by atoms with Gasteiger partial charge >= 0.3 is 0 Å². The normalized spacial score (nSPS) is 18.7. The molecule has 1 fully saturated rings. The summed E-state index contributed by atoms with van der Waals surface area (Å²) in [5.74, 6) is 0.0146. The first kappa shape index (κ1) is 11.7. The number of rotatable bonds is 3. The van der Waals surface area contributed by atoms with Crippen LogP contribution in [0.3, 0.4) is 0 Å². The summed E-state index contributed by atoms with van der Waals surface area (Å²) in [6, 6.07) is 0. The Morgan fingerprint density at radius 3 is 2.80 bits per heavy atom. The summed E-state index contributed by atoms with van der Waals surface area (Å²) in [5.41, 5.74) is 1.88. The van der Waals surface area contributed by atoms with Gasteiger partial charge in [0, 0.05) is 12.2 Å². The molecule has 0 radical (unpaired) electrons. The quantitative estimate of drug-likeness (QED) is 0.661. The van der Waals surface area contributed by atoms with Gasteiger partial charge in [-0.15, -0.1) is 0 Å². The summed E-state index contributed by atoms with van der Waals surface area (Å²) in [6.45, 7) is 9.03. The molecule has 0 aliphatic carbocycles. The van der Waals surface area contributed by atoms with E-state index >= 15 is 0 Å². The number of carbonyl (C=O) groups excluding carboxylic acids is 1. The van der Waals surface area contributed by atoms with Crippen LogP contribution < -0.4 is 0 Å². The lowest BCUT2D eigenvalue weighted by atomic mass is 10.2. The van der Waals surface area contributed by atoms with E-state index in [1.165, 1.54) is 0 Å². The molecule has 0 unspecified atom stereocenters. The summed E-state index contributed by atoms with van der Waals surface area (Å²) >= 11 is 0. The highest BCUT2D eigenvalue weighted by Gasteiger charge is 2.19. The molecule has 0 atom stereocenters. The first-order chi connectivity index (χ1) is 7.15. The molecule has 3 heteroatoms. The Balaban J connectivity index is 2.74. The first-order valence-electron chi connectivity index (χ1n) is 5.03. The maximum atomic E-state index is 11.5. The molecular weight excluding hydrogens is 190 g/mol. The average Bonchev–Trinajstić information content (AvgIpc) is 2.21. The van der Waals surface area contributed by atoms with Crippen LogP contribution in [0.25, 0.3) is 0 Å². The molecule has 1 saturated heterocycles. The summed E-state index contributed by atoms with van der Waals surface area (Å²) < 4.78 is 5.07. The van der Waals surface area contributed by atoms with Gasteiger partial charge in [0.25, 0.3) is 5.91 Å². The minimum absolute atomic E-state index is 0.0146. The van der Waals surface area contributed by atoms with Crippen LogP contribution in [0.1, 0.15) is 13.8 Å². The Bertz CT molecular complexity index is 316. The number of allylic oxidation sites excluding steroid dienone is 4. The van der Waals surface area contributed by atoms with Gasteiger partial charge < -0.3 is 9.64 Å². The third kappa shape index (κ3) is 3.36. The molecule has 0 bridgehead atoms. The third-order valence-corrected chi connectivity index (χ3v) is 2.13. The average molecular weight is 207 g/mol. The molecule has 0 saturated carbocycles. The Hall–Kier alpha value is -1.35. The molecule has 0 aromatic rings. The van der Waals surface area contributed by atoms with Crippen LogP contribution in [-0.4, -0.2) is 30.6 Å². The zero-order valence-electron chi connectivity index (χ0n) is 9.32. The Kier molecular flexibility index (Phi) is 4.31. The van der Waals surface area contributed by atoms with Crippen LogP contribution in [0.2, 0.25) is 0 Å². The molecule has 0 aromatic carbocycles. The minimum atomic E-state index is 0.0146. The van der Waals surface area contributed by atoms with Crippen LogP contribution in [-0.2, 0) is 9.53 Å². The van der Waals surface area contributed by atoms with Crippen molar-refractivity contribution in [3.63, 3.8) is 0 Å². The Morgan fingerprint density at radius 1 is 1.53 bits per heavy atom. The molecule has 15 heavy (non-hydrogen) atoms. The fourth-order valence-electron chi connectivity index (χ4n) is 1.36. The maximum Gasteiger partial charge on any atom is 0.253 e. The topological polar surface area (TPSA) is 29.5 Å². The largest absolute Gasteiger partial charge is 0.370 e. The molecular formula is C12H17NO2. The highest BCUT2D eigenvalue weighted by Crippen LogP contribution is 2.11. The second kappa shape index (κ2) is 5.51. The standard InChI is InChI=1S/C12H17NO2/c1-4-11(6-5-10(2)3)13-7-8-15-9-12(13)14/h4-6H,2,7-9H2,1,3H3/b6-5-,11-4+. The number of ether oxygens (including phenoxy) is 1. The number of hydrogen-bond acceptors (Lipinski definition) is 2. The predicted molar refractivity (Wildman–Crippen MR) is 60.2 cm³/mol. The Morgan fingerprint density at radius 2 is 2.27 bits per heavy atom. The van der Waals surface area contributed by atoms with Crippen molar-refractivity contribution in [1.82, 2.24) is 4.90 Å². The van der Waals surface area contributed by atoms with Gasteiger partial charge in [-0.3, -0.25) is 4.79 Å². The van der Waals surface area contributed by atoms with Gasteiger partial charge in [-0.05, 0) is 19.9 Å². The van der Waals surface area contributed by atoms with E-state index in [0.717, 1.165) is 11.3 Å². The van der Waals surface area contributed by atoms with Gasteiger partial charge in [-0.25, -0.2) is 0 Å². The maximum absolute atomic E-state index is 11.5. The van der Waals surface area contributed by atoms with Crippen molar-refractivity contribution >= 4 is 5.91 Å². The highest BCUT2D eigenvalue weighted by atomic mass is 16.5. The van der Waals surface area contributed by atoms with E-state index in [2.05, 4.69) is 6.58 Å². The van der Waals surface area contributed by atoms with E-state index in [4.69, 9.17) is 4.74 Å². The van der Waals surface area contributed by atoms with Crippen LogP contribution in [0.4, 0.5) is 0 Å². The van der Waals surface area contributed by atoms with Crippen LogP contribution in [0, 0.1) is 0 Å². The van der Waals surface area contributed by atoms with E-state index in [0.29, 0.717) is 13.2 Å². The minimum Gasteiger partial charge on any atom is -0.370 e. The fourth-order valence-corrected chi connectivity index (χ4v) is 1.36. The summed E-state index contributed by atoms with van der Waals surface area (Å²) in [5, 5.41) is 0. The van der Waals surface area contributed by atoms with E-state index in [9.17, 15) is 4.79 Å². The van der Waals surface area contributed by atoms with Crippen LogP contribution in [0.15, 0.2) is 36.1 Å². The van der Waals surface area contributed by atoms with E-state index in [1.807, 2.05) is 32.1 Å². The van der Waals surface area contributed by atoms with Crippen molar-refractivity contribution in [2.24, 2.45) is 0 Å². The molecule has 1 rings (SSSR count). The van der Waals surface area contributed by atoms with Crippen LogP contribution >= 0.6 is 0 Å². The van der Waals surface area contributed by atoms with E-state index < -0.39 is 0 Å². The van der Waals surface area contributed by atoms with Crippen molar-refractivity contribution in [3.05, 3.63) is 36.1 Å². The molecule has 1 aliphatic heterocycles. The zero-order chi connectivity index (χ0) is 11.3. The van der Waals surface area contributed by atoms with Crippen LogP contribution in [0.5, 0.6) is 0 Å². The lowest BCUT2D eigenvalue weighted by Crippen LogP contribution is -2.40. The first-order valence-corrected chi connectivity index (χ1v) is 5.03. The summed E-state index contributed by atoms with van der Waals surface area (Å²) in [7, 11) is 0. The van der Waals surface area contributed by atoms with Gasteiger partial charge in [0.1, 0.15) is 6.61 Å². The van der Waals surface area contributed by atoms with Gasteiger partial charge in [0.05, 0.1) is 6.61 Å². The van der Waals surface area contributed by atoms with E-state index in [1.54, 1.807) is 4.90 Å². The smallest absolute Gasteiger partial charge is 0.253 e. The molecule has 1 heterocycles. The van der Waals surface area contributed by atoms with Crippen molar-refractivity contribution in [2.75, 3.05) is 19.8 Å². The van der Waals surface area contributed by atoms with Gasteiger partial charge in [0.2, 0.25) is 0 Å². The third-order valence-electron chi connectivity index (χ3n) is 2.13. The second-order valence-corrected chi connectivity index (χ2v) is 3.49. The number of amides is 1. The highest BCUT2D eigenvalue weighted by molar-refractivity contribution is 5.80. The van der Waals surface area contributed by atoms with Crippen molar-refractivity contribution in [2.45, 2.75) is 13.8 Å². The fraction of sp³-hybridized carbons (Fsp3) is 0.417. The molecule has 0 spiro atoms. The molecule has 3 nitrogen and oxygen atoms in total. The number of morpholine rings is 1. The molecule has 0 aromatic heterocycles. The number of nitrogens with zero attached hydrogens (tertiary/aromatic N) is 1. The van der Waals surface area contributed by atoms with Crippen molar-refractivity contribution < 1.29 is 9.53 Å². The number of hydrogen-bond donors (Lipinski definition) is 0. The Labute approximate surface area is 90.7 Å². The molecule has 0 N–H and O–H groups in total. The van der Waals surface area contributed by atoms with Crippen molar-refractivity contribution in [3.8, 4) is 0 Å². The zero-order valence-corrected chi connectivity index (χ0v) is 9.32. The molecule has 1 aliphatic rings. The lowest BCUT2D eigenvalue weighted by Gasteiger charge is -2.27. The second-order valence-electron chi connectivity index (χ2n) is 3.49. The summed E-state index contributed by atoms with van der Waals surface area (Å²) in [4.78, 5) is 13.3. The monoisotopic (exact) mass is 207 g/mol. The SMILES string of the molecule is C=C(C)/C=C\C(=C/C)N1CCOCC1=O. The van der Waals surface area contributed by atoms with Gasteiger partial charge in [0.15, 0.2) is 0 Å². The van der Waals surface area contributed by atoms with E-state index in [-0.39, 0.29) is 12.5 Å². The predicted octanol–water partition coefficient (Wildman–Crippen LogP) is 1.88. The van der Waals surface area contributed by atoms with Gasteiger partial charge in [-0.2, -0.15) is 0 Å². The number of carbonyl (C=O) groups is 1.